The summed E-state index contributed by atoms with van der Waals surface area (Å²) in [6.07, 6.45) is 2.37. The van der Waals surface area contributed by atoms with Crippen LogP contribution in [0.4, 0.5) is 10.6 Å². The molecule has 7 nitrogen and oxygen atoms in total. The number of rotatable bonds is 4. The van der Waals surface area contributed by atoms with Gasteiger partial charge >= 0.3 is 6.09 Å². The molecular weight excluding hydrogens is 268 g/mol. The summed E-state index contributed by atoms with van der Waals surface area (Å²) in [5.41, 5.74) is 0. The molecule has 1 fully saturated rings. The molecule has 0 atom stereocenters. The van der Waals surface area contributed by atoms with Crippen molar-refractivity contribution in [2.45, 2.75) is 5.03 Å². The normalized spacial score (nSPS) is 15.6. The number of amides is 1. The zero-order chi connectivity index (χ0) is 13.7. The van der Waals surface area contributed by atoms with Crippen LogP contribution in [-0.2, 0) is 0 Å². The molecule has 0 unspecified atom stereocenters. The number of piperazine rings is 1. The van der Waals surface area contributed by atoms with Crippen molar-refractivity contribution in [3.63, 3.8) is 0 Å². The number of nitrogens with zero attached hydrogens (tertiary/aromatic N) is 4. The first kappa shape index (κ1) is 13.9. The summed E-state index contributed by atoms with van der Waals surface area (Å²) in [4.78, 5) is 22.9. The van der Waals surface area contributed by atoms with E-state index in [4.69, 9.17) is 10.2 Å². The Kier molecular flexibility index (Phi) is 4.80. The van der Waals surface area contributed by atoms with Gasteiger partial charge in [-0.15, -0.1) is 11.8 Å². The van der Waals surface area contributed by atoms with Gasteiger partial charge in [-0.05, 0) is 0 Å². The van der Waals surface area contributed by atoms with Crippen LogP contribution >= 0.6 is 11.8 Å². The van der Waals surface area contributed by atoms with Crippen molar-refractivity contribution in [3.8, 4) is 0 Å². The first-order valence-corrected chi connectivity index (χ1v) is 6.98. The maximum absolute atomic E-state index is 10.9. The Bertz CT molecular complexity index is 438. The Morgan fingerprint density at radius 2 is 1.95 bits per heavy atom. The molecule has 0 radical (unpaired) electrons. The largest absolute Gasteiger partial charge is 0.465 e. The number of hydrogen-bond acceptors (Lipinski definition) is 6. The van der Waals surface area contributed by atoms with Gasteiger partial charge in [0, 0.05) is 44.3 Å². The molecule has 104 valence electrons. The van der Waals surface area contributed by atoms with E-state index in [0.29, 0.717) is 31.9 Å². The highest BCUT2D eigenvalue weighted by Gasteiger charge is 2.23. The molecular formula is C11H16N4O3S. The van der Waals surface area contributed by atoms with Crippen molar-refractivity contribution >= 4 is 23.7 Å². The second-order valence-electron chi connectivity index (χ2n) is 4.01. The lowest BCUT2D eigenvalue weighted by Gasteiger charge is -2.34. The van der Waals surface area contributed by atoms with Gasteiger partial charge in [-0.2, -0.15) is 0 Å². The smallest absolute Gasteiger partial charge is 0.407 e. The summed E-state index contributed by atoms with van der Waals surface area (Å²) in [5.74, 6) is 1.34. The number of aromatic nitrogens is 2. The lowest BCUT2D eigenvalue weighted by Crippen LogP contribution is -2.48. The highest BCUT2D eigenvalue weighted by molar-refractivity contribution is 7.99. The molecule has 8 heteroatoms. The van der Waals surface area contributed by atoms with Gasteiger partial charge in [0.2, 0.25) is 0 Å². The third-order valence-electron chi connectivity index (χ3n) is 2.83. The van der Waals surface area contributed by atoms with Gasteiger partial charge < -0.3 is 20.0 Å². The summed E-state index contributed by atoms with van der Waals surface area (Å²) in [7, 11) is 0. The Hall–Kier alpha value is -1.54. The fourth-order valence-corrected chi connectivity index (χ4v) is 2.62. The summed E-state index contributed by atoms with van der Waals surface area (Å²) < 4.78 is 0. The number of aliphatic hydroxyl groups is 1. The molecule has 1 aliphatic rings. The van der Waals surface area contributed by atoms with E-state index >= 15 is 0 Å². The van der Waals surface area contributed by atoms with E-state index in [1.807, 2.05) is 4.90 Å². The second kappa shape index (κ2) is 6.58. The fourth-order valence-electron chi connectivity index (χ4n) is 1.89. The number of aliphatic hydroxyl groups excluding tert-OH is 1. The van der Waals surface area contributed by atoms with Crippen molar-refractivity contribution in [3.05, 3.63) is 12.4 Å². The Balaban J connectivity index is 2.04. The van der Waals surface area contributed by atoms with E-state index in [-0.39, 0.29) is 6.61 Å². The molecule has 2 N–H and O–H groups in total. The highest BCUT2D eigenvalue weighted by Crippen LogP contribution is 2.26. The third-order valence-corrected chi connectivity index (χ3v) is 3.77. The molecule has 1 amide bonds. The van der Waals surface area contributed by atoms with Crippen molar-refractivity contribution in [1.82, 2.24) is 14.9 Å². The molecule has 1 aliphatic heterocycles. The molecule has 1 aromatic rings. The lowest BCUT2D eigenvalue weighted by atomic mass is 10.3. The molecule has 1 aromatic heterocycles. The van der Waals surface area contributed by atoms with E-state index in [1.165, 1.54) is 16.7 Å². The Morgan fingerprint density at radius 1 is 1.26 bits per heavy atom. The van der Waals surface area contributed by atoms with Crippen LogP contribution < -0.4 is 4.90 Å². The maximum atomic E-state index is 10.9. The molecule has 2 heterocycles. The van der Waals surface area contributed by atoms with Gasteiger partial charge in [0.1, 0.15) is 5.03 Å². The number of carbonyl (C=O) groups is 1. The number of carboxylic acid groups (broad SMARTS) is 1. The molecule has 0 aliphatic carbocycles. The topological polar surface area (TPSA) is 89.8 Å². The standard InChI is InChI=1S/C11H16N4O3S/c16-7-8-19-10-9(12-1-2-13-10)14-3-5-15(6-4-14)11(17)18/h1-2,16H,3-8H2,(H,17,18). The van der Waals surface area contributed by atoms with Crippen LogP contribution in [0.1, 0.15) is 0 Å². The minimum atomic E-state index is -0.881. The van der Waals surface area contributed by atoms with Gasteiger partial charge in [-0.1, -0.05) is 0 Å². The zero-order valence-corrected chi connectivity index (χ0v) is 11.2. The van der Waals surface area contributed by atoms with E-state index in [1.54, 1.807) is 12.4 Å². The predicted octanol–water partition coefficient (Wildman–Crippen LogP) is 0.361. The van der Waals surface area contributed by atoms with Crippen LogP contribution in [0.15, 0.2) is 17.4 Å². The van der Waals surface area contributed by atoms with Gasteiger partial charge in [-0.25, -0.2) is 14.8 Å². The molecule has 1 saturated heterocycles. The van der Waals surface area contributed by atoms with E-state index in [9.17, 15) is 4.79 Å². The monoisotopic (exact) mass is 284 g/mol. The maximum Gasteiger partial charge on any atom is 0.407 e. The van der Waals surface area contributed by atoms with Crippen LogP contribution in [-0.4, -0.2) is 69.7 Å². The van der Waals surface area contributed by atoms with Crippen LogP contribution in [0.5, 0.6) is 0 Å². The zero-order valence-electron chi connectivity index (χ0n) is 10.4. The predicted molar refractivity (Wildman–Crippen MR) is 71.7 cm³/mol. The third kappa shape index (κ3) is 3.48. The van der Waals surface area contributed by atoms with Crippen molar-refractivity contribution < 1.29 is 15.0 Å². The van der Waals surface area contributed by atoms with Gasteiger partial charge in [0.15, 0.2) is 5.82 Å². The summed E-state index contributed by atoms with van der Waals surface area (Å²) in [6, 6.07) is 0. The SMILES string of the molecule is O=C(O)N1CCN(c2nccnc2SCCO)CC1. The summed E-state index contributed by atoms with van der Waals surface area (Å²) in [6.45, 7) is 2.24. The fraction of sp³-hybridized carbons (Fsp3) is 0.545. The van der Waals surface area contributed by atoms with E-state index < -0.39 is 6.09 Å². The molecule has 0 aromatic carbocycles. The minimum Gasteiger partial charge on any atom is -0.465 e. The average Bonchev–Trinajstić information content (AvgIpc) is 2.45. The van der Waals surface area contributed by atoms with E-state index in [2.05, 4.69) is 9.97 Å². The highest BCUT2D eigenvalue weighted by atomic mass is 32.2. The quantitative estimate of drug-likeness (QED) is 0.772. The first-order valence-electron chi connectivity index (χ1n) is 6.00. The molecule has 0 saturated carbocycles. The molecule has 19 heavy (non-hydrogen) atoms. The second-order valence-corrected chi connectivity index (χ2v) is 5.10. The van der Waals surface area contributed by atoms with Crippen LogP contribution in [0.25, 0.3) is 0 Å². The average molecular weight is 284 g/mol. The van der Waals surface area contributed by atoms with Gasteiger partial charge in [0.25, 0.3) is 0 Å². The molecule has 0 bridgehead atoms. The van der Waals surface area contributed by atoms with Crippen molar-refractivity contribution in [1.29, 1.82) is 0 Å². The van der Waals surface area contributed by atoms with Crippen LogP contribution in [0.3, 0.4) is 0 Å². The summed E-state index contributed by atoms with van der Waals surface area (Å²) >= 11 is 1.45. The number of anilines is 1. The first-order chi connectivity index (χ1) is 9.22. The number of thioether (sulfide) groups is 1. The Labute approximate surface area is 115 Å². The number of hydrogen-bond donors (Lipinski definition) is 2. The summed E-state index contributed by atoms with van der Waals surface area (Å²) in [5, 5.41) is 18.6. The van der Waals surface area contributed by atoms with Crippen LogP contribution in [0, 0.1) is 0 Å². The van der Waals surface area contributed by atoms with Gasteiger partial charge in [0.05, 0.1) is 6.61 Å². The Morgan fingerprint density at radius 3 is 2.58 bits per heavy atom. The molecule has 0 spiro atoms. The van der Waals surface area contributed by atoms with Crippen molar-refractivity contribution in [2.75, 3.05) is 43.4 Å². The molecule has 2 rings (SSSR count). The minimum absolute atomic E-state index is 0.0907. The lowest BCUT2D eigenvalue weighted by molar-refractivity contribution is 0.142. The van der Waals surface area contributed by atoms with E-state index in [0.717, 1.165) is 10.8 Å². The van der Waals surface area contributed by atoms with Crippen molar-refractivity contribution in [2.24, 2.45) is 0 Å². The van der Waals surface area contributed by atoms with Gasteiger partial charge in [-0.3, -0.25) is 0 Å². The van der Waals surface area contributed by atoms with Crippen LogP contribution in [0.2, 0.25) is 0 Å².